The summed E-state index contributed by atoms with van der Waals surface area (Å²) in [6.07, 6.45) is 2.04. The normalized spacial score (nSPS) is 10.4. The first-order valence-corrected chi connectivity index (χ1v) is 8.63. The van der Waals surface area contributed by atoms with E-state index in [4.69, 9.17) is 4.74 Å². The summed E-state index contributed by atoms with van der Waals surface area (Å²) in [6, 6.07) is 3.28. The Morgan fingerprint density at radius 3 is 2.83 bits per heavy atom. The maximum Gasteiger partial charge on any atom is 0.259 e. The molecule has 0 radical (unpaired) electrons. The lowest BCUT2D eigenvalue weighted by Gasteiger charge is -2.02. The zero-order chi connectivity index (χ0) is 16.9. The summed E-state index contributed by atoms with van der Waals surface area (Å²) < 4.78 is 4.97. The SMILES string of the molecule is CNc1nnc(Cc2csc(NC(=O)c3ccc(OC)nc3)n2)s1. The number of ether oxygens (including phenoxy) is 1. The predicted octanol–water partition coefficient (Wildman–Crippen LogP) is 2.28. The van der Waals surface area contributed by atoms with Crippen molar-refractivity contribution in [1.29, 1.82) is 0 Å². The molecule has 2 N–H and O–H groups in total. The van der Waals surface area contributed by atoms with Gasteiger partial charge in [0.05, 0.1) is 18.4 Å². The van der Waals surface area contributed by atoms with Gasteiger partial charge in [-0.25, -0.2) is 9.97 Å². The van der Waals surface area contributed by atoms with Gasteiger partial charge in [0.2, 0.25) is 11.0 Å². The van der Waals surface area contributed by atoms with E-state index in [9.17, 15) is 4.79 Å². The average molecular weight is 362 g/mol. The van der Waals surface area contributed by atoms with Gasteiger partial charge >= 0.3 is 0 Å². The van der Waals surface area contributed by atoms with Crippen LogP contribution >= 0.6 is 22.7 Å². The molecule has 0 aromatic carbocycles. The third-order valence-corrected chi connectivity index (χ3v) is 4.74. The molecule has 124 valence electrons. The molecule has 1 amide bonds. The lowest BCUT2D eigenvalue weighted by molar-refractivity contribution is 0.102. The van der Waals surface area contributed by atoms with Crippen molar-refractivity contribution >= 4 is 38.8 Å². The minimum absolute atomic E-state index is 0.264. The highest BCUT2D eigenvalue weighted by Gasteiger charge is 2.11. The highest BCUT2D eigenvalue weighted by atomic mass is 32.1. The largest absolute Gasteiger partial charge is 0.481 e. The number of rotatable bonds is 6. The topological polar surface area (TPSA) is 102 Å². The molecule has 3 aromatic heterocycles. The number of hydrogen-bond donors (Lipinski definition) is 2. The molecule has 0 spiro atoms. The summed E-state index contributed by atoms with van der Waals surface area (Å²) in [6.45, 7) is 0. The molecule has 0 atom stereocenters. The van der Waals surface area contributed by atoms with E-state index in [0.29, 0.717) is 23.0 Å². The van der Waals surface area contributed by atoms with Gasteiger partial charge in [-0.2, -0.15) is 0 Å². The van der Waals surface area contributed by atoms with Crippen molar-refractivity contribution in [3.8, 4) is 5.88 Å². The van der Waals surface area contributed by atoms with E-state index in [-0.39, 0.29) is 5.91 Å². The molecule has 10 heteroatoms. The van der Waals surface area contributed by atoms with Crippen LogP contribution < -0.4 is 15.4 Å². The zero-order valence-corrected chi connectivity index (χ0v) is 14.6. The third-order valence-electron chi connectivity index (χ3n) is 2.99. The van der Waals surface area contributed by atoms with E-state index in [1.54, 1.807) is 19.2 Å². The van der Waals surface area contributed by atoms with Crippen molar-refractivity contribution in [2.45, 2.75) is 6.42 Å². The summed E-state index contributed by atoms with van der Waals surface area (Å²) in [5.41, 5.74) is 1.28. The predicted molar refractivity (Wildman–Crippen MR) is 93.1 cm³/mol. The molecule has 8 nitrogen and oxygen atoms in total. The highest BCUT2D eigenvalue weighted by molar-refractivity contribution is 7.15. The molecular weight excluding hydrogens is 348 g/mol. The van der Waals surface area contributed by atoms with Crippen molar-refractivity contribution in [3.05, 3.63) is 40.0 Å². The molecular formula is C14H14N6O2S2. The summed E-state index contributed by atoms with van der Waals surface area (Å²) in [4.78, 5) is 20.6. The molecule has 3 rings (SSSR count). The lowest BCUT2D eigenvalue weighted by atomic mass is 10.3. The Bertz CT molecular complexity index is 830. The Kier molecular flexibility index (Phi) is 4.96. The molecule has 0 aliphatic heterocycles. The van der Waals surface area contributed by atoms with Crippen LogP contribution in [0.25, 0.3) is 0 Å². The zero-order valence-electron chi connectivity index (χ0n) is 12.9. The Balaban J connectivity index is 1.63. The monoisotopic (exact) mass is 362 g/mol. The van der Waals surface area contributed by atoms with Crippen LogP contribution in [0.15, 0.2) is 23.7 Å². The van der Waals surface area contributed by atoms with Crippen molar-refractivity contribution in [1.82, 2.24) is 20.2 Å². The van der Waals surface area contributed by atoms with Crippen LogP contribution in [0.2, 0.25) is 0 Å². The minimum atomic E-state index is -0.264. The van der Waals surface area contributed by atoms with Crippen LogP contribution in [0.5, 0.6) is 5.88 Å². The number of nitrogens with one attached hydrogen (secondary N) is 2. The number of nitrogens with zero attached hydrogens (tertiary/aromatic N) is 4. The van der Waals surface area contributed by atoms with E-state index >= 15 is 0 Å². The van der Waals surface area contributed by atoms with E-state index < -0.39 is 0 Å². The Labute approximate surface area is 146 Å². The van der Waals surface area contributed by atoms with Crippen molar-refractivity contribution in [2.24, 2.45) is 0 Å². The van der Waals surface area contributed by atoms with Crippen molar-refractivity contribution in [2.75, 3.05) is 24.8 Å². The smallest absolute Gasteiger partial charge is 0.259 e. The minimum Gasteiger partial charge on any atom is -0.481 e. The maximum absolute atomic E-state index is 12.2. The van der Waals surface area contributed by atoms with E-state index in [2.05, 4.69) is 30.8 Å². The van der Waals surface area contributed by atoms with Gasteiger partial charge in [-0.15, -0.1) is 21.5 Å². The van der Waals surface area contributed by atoms with Crippen LogP contribution in [-0.4, -0.2) is 40.2 Å². The van der Waals surface area contributed by atoms with Crippen LogP contribution in [0.1, 0.15) is 21.1 Å². The van der Waals surface area contributed by atoms with Crippen LogP contribution in [0, 0.1) is 0 Å². The van der Waals surface area contributed by atoms with Gasteiger partial charge in [0.25, 0.3) is 5.91 Å². The standard InChI is InChI=1S/C14H14N6O2S2/c1-15-13-20-19-11(24-13)5-9-7-23-14(17-9)18-12(21)8-3-4-10(22-2)16-6-8/h3-4,6-7H,5H2,1-2H3,(H,15,20)(H,17,18,21). The molecule has 0 saturated carbocycles. The van der Waals surface area contributed by atoms with Gasteiger partial charge in [-0.3, -0.25) is 10.1 Å². The van der Waals surface area contributed by atoms with E-state index in [0.717, 1.165) is 15.8 Å². The summed E-state index contributed by atoms with van der Waals surface area (Å²) in [7, 11) is 3.32. The fourth-order valence-corrected chi connectivity index (χ4v) is 3.25. The van der Waals surface area contributed by atoms with E-state index in [1.165, 1.54) is 36.0 Å². The second-order valence-electron chi connectivity index (χ2n) is 4.62. The summed E-state index contributed by atoms with van der Waals surface area (Å²) in [5, 5.41) is 17.8. The van der Waals surface area contributed by atoms with Crippen LogP contribution in [-0.2, 0) is 6.42 Å². The van der Waals surface area contributed by atoms with Gasteiger partial charge < -0.3 is 10.1 Å². The number of carbonyl (C=O) groups is 1. The molecule has 0 aliphatic carbocycles. The number of anilines is 2. The third kappa shape index (κ3) is 3.84. The number of aromatic nitrogens is 4. The van der Waals surface area contributed by atoms with Crippen molar-refractivity contribution in [3.63, 3.8) is 0 Å². The number of carbonyl (C=O) groups excluding carboxylic acids is 1. The van der Waals surface area contributed by atoms with Crippen molar-refractivity contribution < 1.29 is 9.53 Å². The van der Waals surface area contributed by atoms with Crippen LogP contribution in [0.3, 0.4) is 0 Å². The quantitative estimate of drug-likeness (QED) is 0.693. The van der Waals surface area contributed by atoms with E-state index in [1.807, 2.05) is 5.38 Å². The molecule has 0 saturated heterocycles. The molecule has 3 aromatic rings. The van der Waals surface area contributed by atoms with Gasteiger partial charge in [-0.1, -0.05) is 11.3 Å². The lowest BCUT2D eigenvalue weighted by Crippen LogP contribution is -2.12. The van der Waals surface area contributed by atoms with Gasteiger partial charge in [-0.05, 0) is 6.07 Å². The Morgan fingerprint density at radius 1 is 1.29 bits per heavy atom. The fourth-order valence-electron chi connectivity index (χ4n) is 1.83. The first kappa shape index (κ1) is 16.3. The number of methoxy groups -OCH3 is 1. The number of thiazole rings is 1. The molecule has 24 heavy (non-hydrogen) atoms. The fraction of sp³-hybridized carbons (Fsp3) is 0.214. The second kappa shape index (κ2) is 7.32. The molecule has 0 unspecified atom stereocenters. The molecule has 0 fully saturated rings. The molecule has 0 aliphatic rings. The average Bonchev–Trinajstić information content (AvgIpc) is 3.24. The number of pyridine rings is 1. The van der Waals surface area contributed by atoms with Gasteiger partial charge in [0, 0.05) is 31.1 Å². The second-order valence-corrected chi connectivity index (χ2v) is 6.54. The summed E-state index contributed by atoms with van der Waals surface area (Å²) in [5.74, 6) is 0.195. The summed E-state index contributed by atoms with van der Waals surface area (Å²) >= 11 is 2.84. The highest BCUT2D eigenvalue weighted by Crippen LogP contribution is 2.22. The Morgan fingerprint density at radius 2 is 2.17 bits per heavy atom. The van der Waals surface area contributed by atoms with Gasteiger partial charge in [0.1, 0.15) is 5.01 Å². The first-order chi connectivity index (χ1) is 11.7. The maximum atomic E-state index is 12.2. The number of amides is 1. The first-order valence-electron chi connectivity index (χ1n) is 6.94. The Hall–Kier alpha value is -2.59. The van der Waals surface area contributed by atoms with Gasteiger partial charge in [0.15, 0.2) is 5.13 Å². The number of hydrogen-bond acceptors (Lipinski definition) is 9. The van der Waals surface area contributed by atoms with Crippen LogP contribution in [0.4, 0.5) is 10.3 Å². The molecule has 0 bridgehead atoms. The molecule has 3 heterocycles.